The van der Waals surface area contributed by atoms with Crippen molar-refractivity contribution in [1.29, 1.82) is 0 Å². The van der Waals surface area contributed by atoms with E-state index in [2.05, 4.69) is 0 Å². The van der Waals surface area contributed by atoms with Gasteiger partial charge in [0.25, 0.3) is 0 Å². The third-order valence-electron chi connectivity index (χ3n) is 3.04. The van der Waals surface area contributed by atoms with Crippen molar-refractivity contribution in [3.05, 3.63) is 48.6 Å². The van der Waals surface area contributed by atoms with Crippen LogP contribution >= 0.6 is 0 Å². The Bertz CT molecular complexity index is 676. The molecule has 0 aliphatic heterocycles. The van der Waals surface area contributed by atoms with Gasteiger partial charge in [-0.25, -0.2) is 8.42 Å². The van der Waals surface area contributed by atoms with Gasteiger partial charge in [0.05, 0.1) is 10.3 Å². The van der Waals surface area contributed by atoms with Crippen LogP contribution in [0.1, 0.15) is 13.3 Å². The minimum Gasteiger partial charge on any atom is -0.744 e. The monoisotopic (exact) mass is 316 g/mol. The molecule has 21 heavy (non-hydrogen) atoms. The molecule has 106 valence electrons. The normalized spacial score (nSPS) is 20.7. The Kier molecular flexibility index (Phi) is 5.95. The zero-order valence-corrected chi connectivity index (χ0v) is 14.6. The number of hydrogen-bond donors (Lipinski definition) is 0. The number of ether oxygens (including phenoxy) is 1. The van der Waals surface area contributed by atoms with Crippen LogP contribution < -0.4 is 34.3 Å². The molecule has 7 heteroatoms. The van der Waals surface area contributed by atoms with Gasteiger partial charge in [-0.1, -0.05) is 24.3 Å². The van der Waals surface area contributed by atoms with E-state index in [0.717, 1.165) is 12.1 Å². The van der Waals surface area contributed by atoms with E-state index in [-0.39, 0.29) is 40.2 Å². The summed E-state index contributed by atoms with van der Waals surface area (Å²) in [6.45, 7) is 1.76. The van der Waals surface area contributed by atoms with Crippen LogP contribution in [0, 0.1) is 5.41 Å². The number of allylic oxidation sites excluding steroid dienone is 3. The molecule has 0 saturated heterocycles. The van der Waals surface area contributed by atoms with Crippen molar-refractivity contribution in [3.8, 4) is 5.75 Å². The van der Waals surface area contributed by atoms with Gasteiger partial charge in [-0.3, -0.25) is 4.79 Å². The summed E-state index contributed by atoms with van der Waals surface area (Å²) in [4.78, 5) is 11.7. The molecular weight excluding hydrogens is 303 g/mol. The Balaban J connectivity index is 0.00000220. The van der Waals surface area contributed by atoms with E-state index < -0.39 is 21.5 Å². The fourth-order valence-corrected chi connectivity index (χ4v) is 2.25. The summed E-state index contributed by atoms with van der Waals surface area (Å²) >= 11 is 0. The predicted molar refractivity (Wildman–Crippen MR) is 71.0 cm³/mol. The van der Waals surface area contributed by atoms with Crippen LogP contribution in [0.4, 0.5) is 0 Å². The molecule has 2 rings (SSSR count). The third-order valence-corrected chi connectivity index (χ3v) is 3.89. The first kappa shape index (κ1) is 18.1. The first-order valence-corrected chi connectivity index (χ1v) is 7.35. The number of carbonyl (C=O) groups excluding carboxylic acids is 1. The van der Waals surface area contributed by atoms with Crippen molar-refractivity contribution >= 4 is 16.1 Å². The number of esters is 1. The van der Waals surface area contributed by atoms with Crippen LogP contribution in [0.3, 0.4) is 0 Å². The smallest absolute Gasteiger partial charge is 0.744 e. The topological polar surface area (TPSA) is 83.5 Å². The Morgan fingerprint density at radius 1 is 1.24 bits per heavy atom. The summed E-state index contributed by atoms with van der Waals surface area (Å²) in [5.41, 5.74) is -0.738. The van der Waals surface area contributed by atoms with E-state index in [1.54, 1.807) is 19.1 Å². The Morgan fingerprint density at radius 3 is 2.33 bits per heavy atom. The quantitative estimate of drug-likeness (QED) is 0.310. The molecule has 0 saturated carbocycles. The molecule has 1 aromatic rings. The van der Waals surface area contributed by atoms with Crippen molar-refractivity contribution in [2.45, 2.75) is 18.2 Å². The van der Waals surface area contributed by atoms with Gasteiger partial charge in [-0.05, 0) is 37.6 Å². The minimum atomic E-state index is -4.49. The first-order valence-electron chi connectivity index (χ1n) is 5.94. The number of benzene rings is 1. The molecule has 1 aliphatic rings. The standard InChI is InChI=1S/C14H14O5S.Na/c1-14(9-3-2-4-10-14)13(15)19-11-5-7-12(8-6-11)20(16,17)18;/h2-9H,10H2,1H3,(H,16,17,18);/q;+1/p-1. The molecule has 0 amide bonds. The molecule has 0 heterocycles. The molecule has 0 aromatic heterocycles. The van der Waals surface area contributed by atoms with Crippen LogP contribution in [0.5, 0.6) is 5.75 Å². The van der Waals surface area contributed by atoms with Crippen LogP contribution in [0.15, 0.2) is 53.5 Å². The Labute approximate surface area is 145 Å². The summed E-state index contributed by atoms with van der Waals surface area (Å²) in [6.07, 6.45) is 7.79. The van der Waals surface area contributed by atoms with Gasteiger partial charge in [0.15, 0.2) is 0 Å². The average Bonchev–Trinajstić information content (AvgIpc) is 2.39. The Hall–Kier alpha value is -0.920. The Morgan fingerprint density at radius 2 is 1.86 bits per heavy atom. The fraction of sp³-hybridized carbons (Fsp3) is 0.214. The summed E-state index contributed by atoms with van der Waals surface area (Å²) < 4.78 is 37.6. The van der Waals surface area contributed by atoms with Gasteiger partial charge >= 0.3 is 35.5 Å². The summed E-state index contributed by atoms with van der Waals surface area (Å²) in [5.74, 6) is -0.234. The first-order chi connectivity index (χ1) is 9.31. The van der Waals surface area contributed by atoms with E-state index in [1.807, 2.05) is 12.2 Å². The van der Waals surface area contributed by atoms with Crippen LogP contribution in [0.2, 0.25) is 0 Å². The molecule has 0 spiro atoms. The van der Waals surface area contributed by atoms with Gasteiger partial charge < -0.3 is 9.29 Å². The number of rotatable bonds is 3. The number of hydrogen-bond acceptors (Lipinski definition) is 5. The largest absolute Gasteiger partial charge is 1.00 e. The number of carbonyl (C=O) groups is 1. The van der Waals surface area contributed by atoms with Crippen LogP contribution in [-0.4, -0.2) is 18.9 Å². The SMILES string of the molecule is CC1(C(=O)Oc2ccc(S(=O)(=O)[O-])cc2)C=CC=CC1.[Na+]. The molecule has 1 aliphatic carbocycles. The average molecular weight is 316 g/mol. The molecule has 1 aromatic carbocycles. The molecule has 0 radical (unpaired) electrons. The second-order valence-corrected chi connectivity index (χ2v) is 6.10. The maximum absolute atomic E-state index is 12.1. The van der Waals surface area contributed by atoms with E-state index in [1.165, 1.54) is 12.1 Å². The maximum Gasteiger partial charge on any atom is 1.00 e. The van der Waals surface area contributed by atoms with Crippen LogP contribution in [-0.2, 0) is 14.9 Å². The van der Waals surface area contributed by atoms with Crippen molar-refractivity contribution in [1.82, 2.24) is 0 Å². The van der Waals surface area contributed by atoms with E-state index >= 15 is 0 Å². The van der Waals surface area contributed by atoms with Gasteiger partial charge in [0, 0.05) is 0 Å². The second kappa shape index (κ2) is 6.89. The van der Waals surface area contributed by atoms with Crippen molar-refractivity contribution in [2.24, 2.45) is 5.41 Å². The summed E-state index contributed by atoms with van der Waals surface area (Å²) in [6, 6.07) is 4.80. The summed E-state index contributed by atoms with van der Waals surface area (Å²) in [5, 5.41) is 0. The van der Waals surface area contributed by atoms with Crippen molar-refractivity contribution in [2.75, 3.05) is 0 Å². The van der Waals surface area contributed by atoms with Gasteiger partial charge in [0.2, 0.25) is 0 Å². The van der Waals surface area contributed by atoms with Crippen molar-refractivity contribution in [3.63, 3.8) is 0 Å². The van der Waals surface area contributed by atoms with Gasteiger partial charge in [-0.15, -0.1) is 0 Å². The van der Waals surface area contributed by atoms with Gasteiger partial charge in [0.1, 0.15) is 15.9 Å². The zero-order valence-electron chi connectivity index (χ0n) is 11.8. The third kappa shape index (κ3) is 4.52. The molecule has 5 nitrogen and oxygen atoms in total. The molecule has 1 atom stereocenters. The molecule has 1 unspecified atom stereocenters. The molecule has 0 N–H and O–H groups in total. The van der Waals surface area contributed by atoms with Crippen LogP contribution in [0.25, 0.3) is 0 Å². The molecule has 0 fully saturated rings. The minimum absolute atomic E-state index is 0. The van der Waals surface area contributed by atoms with Crippen molar-refractivity contribution < 1.29 is 52.1 Å². The summed E-state index contributed by atoms with van der Waals surface area (Å²) in [7, 11) is -4.49. The predicted octanol–water partition coefficient (Wildman–Crippen LogP) is -0.977. The van der Waals surface area contributed by atoms with E-state index in [0.29, 0.717) is 6.42 Å². The fourth-order valence-electron chi connectivity index (χ4n) is 1.78. The maximum atomic E-state index is 12.1. The molecule has 0 bridgehead atoms. The molecular formula is C14H13NaO5S. The zero-order chi connectivity index (χ0) is 14.8. The van der Waals surface area contributed by atoms with Gasteiger partial charge in [-0.2, -0.15) is 0 Å². The second-order valence-electron chi connectivity index (χ2n) is 4.72. The van der Waals surface area contributed by atoms with E-state index in [4.69, 9.17) is 4.74 Å². The van der Waals surface area contributed by atoms with E-state index in [9.17, 15) is 17.8 Å².